The van der Waals surface area contributed by atoms with Gasteiger partial charge in [0.1, 0.15) is 5.65 Å². The van der Waals surface area contributed by atoms with Crippen LogP contribution in [0.5, 0.6) is 0 Å². The second kappa shape index (κ2) is 4.97. The van der Waals surface area contributed by atoms with Crippen molar-refractivity contribution in [3.05, 3.63) is 82.3 Å². The SMILES string of the molecule is O=[N+]([O-])C(=Cc1cn2ccccc2n1)c1ccccc1. The van der Waals surface area contributed by atoms with Crippen molar-refractivity contribution in [3.63, 3.8) is 0 Å². The number of hydrogen-bond acceptors (Lipinski definition) is 3. The van der Waals surface area contributed by atoms with Gasteiger partial charge in [-0.3, -0.25) is 10.1 Å². The molecule has 0 amide bonds. The maximum absolute atomic E-state index is 11.2. The van der Waals surface area contributed by atoms with Crippen molar-refractivity contribution >= 4 is 17.4 Å². The highest BCUT2D eigenvalue weighted by Crippen LogP contribution is 2.18. The van der Waals surface area contributed by atoms with Crippen molar-refractivity contribution in [2.45, 2.75) is 0 Å². The van der Waals surface area contributed by atoms with Gasteiger partial charge in [-0.25, -0.2) is 4.98 Å². The third-order valence-electron chi connectivity index (χ3n) is 2.93. The molecule has 0 aliphatic carbocycles. The highest BCUT2D eigenvalue weighted by atomic mass is 16.6. The minimum Gasteiger partial charge on any atom is -0.306 e. The first-order chi connectivity index (χ1) is 9.74. The van der Waals surface area contributed by atoms with Crippen molar-refractivity contribution < 1.29 is 4.92 Å². The Morgan fingerprint density at radius 1 is 1.15 bits per heavy atom. The van der Waals surface area contributed by atoms with Crippen molar-refractivity contribution in [1.82, 2.24) is 9.38 Å². The predicted octanol–water partition coefficient (Wildman–Crippen LogP) is 3.11. The van der Waals surface area contributed by atoms with Crippen LogP contribution < -0.4 is 0 Å². The van der Waals surface area contributed by atoms with E-state index in [1.807, 2.05) is 34.9 Å². The minimum absolute atomic E-state index is 0.0361. The zero-order valence-corrected chi connectivity index (χ0v) is 10.5. The van der Waals surface area contributed by atoms with E-state index in [9.17, 15) is 10.1 Å². The lowest BCUT2D eigenvalue weighted by Crippen LogP contribution is -1.97. The Balaban J connectivity index is 2.09. The summed E-state index contributed by atoms with van der Waals surface area (Å²) in [5.41, 5.74) is 1.92. The Labute approximate surface area is 115 Å². The third-order valence-corrected chi connectivity index (χ3v) is 2.93. The summed E-state index contributed by atoms with van der Waals surface area (Å²) in [6, 6.07) is 14.4. The molecule has 20 heavy (non-hydrogen) atoms. The van der Waals surface area contributed by atoms with Crippen LogP contribution in [0.2, 0.25) is 0 Å². The highest BCUT2D eigenvalue weighted by molar-refractivity contribution is 5.75. The van der Waals surface area contributed by atoms with Crippen LogP contribution in [0.25, 0.3) is 17.4 Å². The molecule has 0 radical (unpaired) electrons. The molecular formula is C15H11N3O2. The standard InChI is InChI=1S/C15H11N3O2/c19-18(20)14(12-6-2-1-3-7-12)10-13-11-17-9-5-4-8-15(17)16-13/h1-11H. The lowest BCUT2D eigenvalue weighted by atomic mass is 10.1. The first-order valence-corrected chi connectivity index (χ1v) is 6.09. The topological polar surface area (TPSA) is 60.4 Å². The lowest BCUT2D eigenvalue weighted by molar-refractivity contribution is -0.374. The van der Waals surface area contributed by atoms with E-state index in [1.54, 1.807) is 30.5 Å². The maximum Gasteiger partial charge on any atom is 0.278 e. The summed E-state index contributed by atoms with van der Waals surface area (Å²) in [6.45, 7) is 0. The van der Waals surface area contributed by atoms with E-state index < -0.39 is 0 Å². The van der Waals surface area contributed by atoms with Crippen LogP contribution in [0.15, 0.2) is 60.9 Å². The van der Waals surface area contributed by atoms with Gasteiger partial charge in [0.05, 0.1) is 16.2 Å². The quantitative estimate of drug-likeness (QED) is 0.540. The van der Waals surface area contributed by atoms with Crippen molar-refractivity contribution in [3.8, 4) is 0 Å². The molecular weight excluding hydrogens is 254 g/mol. The number of pyridine rings is 1. The maximum atomic E-state index is 11.2. The van der Waals surface area contributed by atoms with Gasteiger partial charge in [0.2, 0.25) is 0 Å². The molecule has 0 aliphatic heterocycles. The highest BCUT2D eigenvalue weighted by Gasteiger charge is 2.14. The van der Waals surface area contributed by atoms with Crippen LogP contribution in [0.1, 0.15) is 11.3 Å². The molecule has 0 saturated heterocycles. The van der Waals surface area contributed by atoms with E-state index >= 15 is 0 Å². The minimum atomic E-state index is -0.390. The van der Waals surface area contributed by atoms with E-state index in [0.29, 0.717) is 11.3 Å². The zero-order valence-electron chi connectivity index (χ0n) is 10.5. The van der Waals surface area contributed by atoms with Crippen molar-refractivity contribution in [2.75, 3.05) is 0 Å². The summed E-state index contributed by atoms with van der Waals surface area (Å²) in [5, 5.41) is 11.2. The largest absolute Gasteiger partial charge is 0.306 e. The fraction of sp³-hybridized carbons (Fsp3) is 0. The van der Waals surface area contributed by atoms with Crippen LogP contribution in [0, 0.1) is 10.1 Å². The Hall–Kier alpha value is -2.95. The average Bonchev–Trinajstić information content (AvgIpc) is 2.88. The van der Waals surface area contributed by atoms with Crippen LogP contribution in [-0.2, 0) is 0 Å². The van der Waals surface area contributed by atoms with Gasteiger partial charge in [-0.15, -0.1) is 0 Å². The fourth-order valence-corrected chi connectivity index (χ4v) is 2.01. The van der Waals surface area contributed by atoms with Crippen LogP contribution in [-0.4, -0.2) is 14.3 Å². The Kier molecular flexibility index (Phi) is 3.01. The Bertz CT molecular complexity index is 758. The van der Waals surface area contributed by atoms with Crippen LogP contribution >= 0.6 is 0 Å². The molecule has 0 aliphatic rings. The third kappa shape index (κ3) is 2.29. The number of benzene rings is 1. The molecule has 5 nitrogen and oxygen atoms in total. The molecule has 0 bridgehead atoms. The van der Waals surface area contributed by atoms with Crippen LogP contribution in [0.3, 0.4) is 0 Å². The van der Waals surface area contributed by atoms with Gasteiger partial charge >= 0.3 is 0 Å². The summed E-state index contributed by atoms with van der Waals surface area (Å²) in [7, 11) is 0. The average molecular weight is 265 g/mol. The van der Waals surface area contributed by atoms with Gasteiger partial charge in [0.25, 0.3) is 5.70 Å². The molecule has 1 aromatic carbocycles. The van der Waals surface area contributed by atoms with E-state index in [0.717, 1.165) is 5.65 Å². The number of hydrogen-bond donors (Lipinski definition) is 0. The first-order valence-electron chi connectivity index (χ1n) is 6.09. The smallest absolute Gasteiger partial charge is 0.278 e. The van der Waals surface area contributed by atoms with Gasteiger partial charge < -0.3 is 4.40 Å². The molecule has 0 saturated carbocycles. The number of fused-ring (bicyclic) bond motifs is 1. The van der Waals surface area contributed by atoms with Crippen LogP contribution in [0.4, 0.5) is 0 Å². The zero-order chi connectivity index (χ0) is 13.9. The number of nitro groups is 1. The molecule has 0 fully saturated rings. The van der Waals surface area contributed by atoms with E-state index in [4.69, 9.17) is 0 Å². The molecule has 98 valence electrons. The number of rotatable bonds is 3. The normalized spacial score (nSPS) is 11.7. The monoisotopic (exact) mass is 265 g/mol. The Morgan fingerprint density at radius 2 is 1.90 bits per heavy atom. The summed E-state index contributed by atoms with van der Waals surface area (Å²) < 4.78 is 1.83. The fourth-order valence-electron chi connectivity index (χ4n) is 2.01. The van der Waals surface area contributed by atoms with Gasteiger partial charge in [-0.2, -0.15) is 0 Å². The van der Waals surface area contributed by atoms with Crippen molar-refractivity contribution in [2.24, 2.45) is 0 Å². The second-order valence-corrected chi connectivity index (χ2v) is 4.28. The molecule has 2 aromatic heterocycles. The molecule has 0 spiro atoms. The molecule has 2 heterocycles. The molecule has 3 aromatic rings. The Morgan fingerprint density at radius 3 is 2.60 bits per heavy atom. The van der Waals surface area contributed by atoms with Gasteiger partial charge in [0, 0.05) is 18.5 Å². The van der Waals surface area contributed by atoms with Gasteiger partial charge in [0.15, 0.2) is 0 Å². The summed E-state index contributed by atoms with van der Waals surface area (Å²) in [6.07, 6.45) is 5.11. The first kappa shape index (κ1) is 12.1. The number of aromatic nitrogens is 2. The van der Waals surface area contributed by atoms with E-state index in [1.165, 1.54) is 6.08 Å². The molecule has 0 atom stereocenters. The van der Waals surface area contributed by atoms with Gasteiger partial charge in [-0.05, 0) is 24.3 Å². The molecule has 0 unspecified atom stereocenters. The molecule has 5 heteroatoms. The van der Waals surface area contributed by atoms with Crippen molar-refractivity contribution in [1.29, 1.82) is 0 Å². The van der Waals surface area contributed by atoms with E-state index in [-0.39, 0.29) is 10.6 Å². The number of nitrogens with zero attached hydrogens (tertiary/aromatic N) is 3. The molecule has 3 rings (SSSR count). The van der Waals surface area contributed by atoms with Gasteiger partial charge in [-0.1, -0.05) is 24.3 Å². The summed E-state index contributed by atoms with van der Waals surface area (Å²) in [5.74, 6) is 0. The molecule has 0 N–H and O–H groups in total. The summed E-state index contributed by atoms with van der Waals surface area (Å²) >= 11 is 0. The summed E-state index contributed by atoms with van der Waals surface area (Å²) in [4.78, 5) is 15.2. The number of imidazole rings is 1. The predicted molar refractivity (Wildman–Crippen MR) is 76.5 cm³/mol. The second-order valence-electron chi connectivity index (χ2n) is 4.28. The lowest BCUT2D eigenvalue weighted by Gasteiger charge is -1.97. The van der Waals surface area contributed by atoms with E-state index in [2.05, 4.69) is 4.98 Å².